The number of primary sulfonamides is 1. The number of fused-ring (bicyclic) bond motifs is 1. The third-order valence-electron chi connectivity index (χ3n) is 7.42. The smallest absolute Gasteiger partial charge is 0.231 e. The Morgan fingerprint density at radius 2 is 1.86 bits per heavy atom. The summed E-state index contributed by atoms with van der Waals surface area (Å²) in [4.78, 5) is 13.4. The summed E-state index contributed by atoms with van der Waals surface area (Å²) in [5, 5.41) is 5.07. The molecule has 1 aliphatic carbocycles. The second kappa shape index (κ2) is 10.2. The maximum Gasteiger partial charge on any atom is 0.231 e. The van der Waals surface area contributed by atoms with E-state index in [0.29, 0.717) is 18.8 Å². The van der Waals surface area contributed by atoms with Crippen molar-refractivity contribution in [3.63, 3.8) is 0 Å². The van der Waals surface area contributed by atoms with Crippen LogP contribution in [0.3, 0.4) is 0 Å². The van der Waals surface area contributed by atoms with Crippen LogP contribution in [0.5, 0.6) is 11.5 Å². The molecule has 1 aliphatic heterocycles. The molecule has 3 heterocycles. The zero-order chi connectivity index (χ0) is 25.3. The van der Waals surface area contributed by atoms with E-state index in [1.165, 1.54) is 0 Å². The first kappa shape index (κ1) is 24.8. The number of pyridine rings is 1. The summed E-state index contributed by atoms with van der Waals surface area (Å²) in [5.41, 5.74) is 4.49. The Bertz CT molecular complexity index is 1330. The molecule has 1 atom stereocenters. The largest absolute Gasteiger partial charge is 0.454 e. The number of nitrogens with two attached hydrogens (primary N) is 1. The van der Waals surface area contributed by atoms with Crippen molar-refractivity contribution in [2.45, 2.75) is 70.0 Å². The number of nitrogens with one attached hydrogen (secondary N) is 1. The van der Waals surface area contributed by atoms with Gasteiger partial charge < -0.3 is 14.5 Å². The normalized spacial score (nSPS) is 20.4. The highest BCUT2D eigenvalue weighted by Gasteiger charge is 2.31. The van der Waals surface area contributed by atoms with E-state index in [-0.39, 0.29) is 12.7 Å². The van der Waals surface area contributed by atoms with Gasteiger partial charge in [0.1, 0.15) is 5.82 Å². The minimum atomic E-state index is -3.51. The number of rotatable bonds is 8. The molecule has 2 aliphatic rings. The van der Waals surface area contributed by atoms with Gasteiger partial charge in [-0.1, -0.05) is 19.4 Å². The highest BCUT2D eigenvalue weighted by Crippen LogP contribution is 2.42. The molecule has 1 fully saturated rings. The highest BCUT2D eigenvalue weighted by atomic mass is 32.2. The van der Waals surface area contributed by atoms with Gasteiger partial charge in [-0.3, -0.25) is 4.98 Å². The van der Waals surface area contributed by atoms with Crippen molar-refractivity contribution < 1.29 is 17.9 Å². The van der Waals surface area contributed by atoms with E-state index in [4.69, 9.17) is 24.6 Å². The fraction of sp³-hybridized carbons (Fsp3) is 0.481. The topological polar surface area (TPSA) is 120 Å². The Balaban J connectivity index is 1.39. The van der Waals surface area contributed by atoms with Crippen molar-refractivity contribution in [1.82, 2.24) is 15.0 Å². The van der Waals surface area contributed by atoms with Gasteiger partial charge in [-0.15, -0.1) is 0 Å². The Kier molecular flexibility index (Phi) is 7.03. The molecule has 0 bridgehead atoms. The molecule has 8 nitrogen and oxygen atoms in total. The fourth-order valence-corrected chi connectivity index (χ4v) is 6.59. The van der Waals surface area contributed by atoms with E-state index in [0.717, 1.165) is 77.8 Å². The van der Waals surface area contributed by atoms with Gasteiger partial charge in [0.05, 0.1) is 22.3 Å². The summed E-state index contributed by atoms with van der Waals surface area (Å²) < 4.78 is 35.1. The number of hydrogen-bond donors (Lipinski definition) is 2. The summed E-state index contributed by atoms with van der Waals surface area (Å²) in [6.45, 7) is 4.21. The van der Waals surface area contributed by atoms with Crippen LogP contribution in [0.1, 0.15) is 69.3 Å². The van der Waals surface area contributed by atoms with Crippen LogP contribution in [0.4, 0.5) is 0 Å². The summed E-state index contributed by atoms with van der Waals surface area (Å²) in [6.07, 6.45) is 5.96. The maximum atomic E-state index is 12.0. The Labute approximate surface area is 212 Å². The number of aromatic amines is 1. The number of aryl methyl sites for hydroxylation is 1. The first-order valence-electron chi connectivity index (χ1n) is 12.8. The summed E-state index contributed by atoms with van der Waals surface area (Å²) in [5.74, 6) is 3.07. The number of ether oxygens (including phenoxy) is 2. The van der Waals surface area contributed by atoms with Crippen molar-refractivity contribution in [1.29, 1.82) is 0 Å². The highest BCUT2D eigenvalue weighted by molar-refractivity contribution is 7.89. The van der Waals surface area contributed by atoms with Crippen molar-refractivity contribution in [2.75, 3.05) is 6.79 Å². The van der Waals surface area contributed by atoms with Crippen molar-refractivity contribution in [3.05, 3.63) is 47.9 Å². The predicted molar refractivity (Wildman–Crippen MR) is 139 cm³/mol. The van der Waals surface area contributed by atoms with Gasteiger partial charge in [0.2, 0.25) is 16.8 Å². The van der Waals surface area contributed by atoms with Crippen LogP contribution in [0.25, 0.3) is 22.6 Å². The van der Waals surface area contributed by atoms with E-state index >= 15 is 0 Å². The van der Waals surface area contributed by atoms with Crippen LogP contribution >= 0.6 is 0 Å². The van der Waals surface area contributed by atoms with Gasteiger partial charge in [0, 0.05) is 17.2 Å². The van der Waals surface area contributed by atoms with Gasteiger partial charge >= 0.3 is 0 Å². The van der Waals surface area contributed by atoms with Crippen LogP contribution < -0.4 is 14.6 Å². The lowest BCUT2D eigenvalue weighted by atomic mass is 9.79. The van der Waals surface area contributed by atoms with E-state index in [1.807, 2.05) is 50.2 Å². The van der Waals surface area contributed by atoms with Gasteiger partial charge in [0.25, 0.3) is 0 Å². The second-order valence-electron chi connectivity index (χ2n) is 10.0. The molecule has 1 saturated carbocycles. The van der Waals surface area contributed by atoms with Crippen molar-refractivity contribution in [3.8, 4) is 34.1 Å². The summed E-state index contributed by atoms with van der Waals surface area (Å²) in [7, 11) is -3.51. The van der Waals surface area contributed by atoms with E-state index < -0.39 is 15.3 Å². The maximum absolute atomic E-state index is 12.0. The third kappa shape index (κ3) is 5.27. The number of nitrogens with zero attached hydrogens (tertiary/aromatic N) is 2. The van der Waals surface area contributed by atoms with Crippen molar-refractivity contribution in [2.24, 2.45) is 11.1 Å². The SMILES string of the molecule is CCCC(CC1CCC(c2nc(-c3ccc4c(c3)OCO4)c(-c3cccc(C)n3)[nH]2)CC1)S(N)(=O)=O. The second-order valence-corrected chi connectivity index (χ2v) is 11.9. The molecule has 3 N–H and O–H groups in total. The van der Waals surface area contributed by atoms with Crippen LogP contribution in [0.2, 0.25) is 0 Å². The third-order valence-corrected chi connectivity index (χ3v) is 8.77. The molecular weight excluding hydrogens is 476 g/mol. The van der Waals surface area contributed by atoms with E-state index in [9.17, 15) is 8.42 Å². The number of sulfonamides is 1. The number of benzene rings is 1. The lowest BCUT2D eigenvalue weighted by molar-refractivity contribution is 0.174. The molecule has 3 aromatic rings. The van der Waals surface area contributed by atoms with Crippen LogP contribution in [-0.2, 0) is 10.0 Å². The number of aromatic nitrogens is 3. The molecule has 9 heteroatoms. The van der Waals surface area contributed by atoms with Gasteiger partial charge in [-0.2, -0.15) is 0 Å². The minimum absolute atomic E-state index is 0.227. The molecule has 36 heavy (non-hydrogen) atoms. The quantitative estimate of drug-likeness (QED) is 0.424. The molecule has 1 aromatic carbocycles. The molecule has 0 radical (unpaired) electrons. The molecule has 1 unspecified atom stereocenters. The predicted octanol–water partition coefficient (Wildman–Crippen LogP) is 5.30. The summed E-state index contributed by atoms with van der Waals surface area (Å²) in [6, 6.07) is 11.9. The molecule has 0 spiro atoms. The molecule has 2 aromatic heterocycles. The lowest BCUT2D eigenvalue weighted by Crippen LogP contribution is -2.31. The molecule has 0 saturated heterocycles. The molecule has 5 rings (SSSR count). The Hall–Kier alpha value is -2.91. The zero-order valence-corrected chi connectivity index (χ0v) is 21.7. The first-order valence-corrected chi connectivity index (χ1v) is 14.4. The van der Waals surface area contributed by atoms with Crippen LogP contribution in [0.15, 0.2) is 36.4 Å². The average molecular weight is 511 g/mol. The standard InChI is InChI=1S/C27H34N4O4S/c1-3-5-21(36(28,32)33)14-18-8-10-19(11-9-18)27-30-25(20-12-13-23-24(15-20)35-16-34-23)26(31-27)22-7-4-6-17(2)29-22/h4,6-7,12-13,15,18-19,21H,3,5,8-11,14,16H2,1-2H3,(H,30,31)(H2,28,32,33). The number of H-pyrrole nitrogens is 1. The number of hydrogen-bond acceptors (Lipinski definition) is 6. The molecule has 192 valence electrons. The van der Waals surface area contributed by atoms with E-state index in [1.54, 1.807) is 0 Å². The summed E-state index contributed by atoms with van der Waals surface area (Å²) >= 11 is 0. The Morgan fingerprint density at radius 3 is 2.58 bits per heavy atom. The van der Waals surface area contributed by atoms with Gasteiger partial charge in [-0.05, 0) is 81.7 Å². The first-order chi connectivity index (χ1) is 17.3. The van der Waals surface area contributed by atoms with E-state index in [2.05, 4.69) is 4.98 Å². The fourth-order valence-electron chi connectivity index (χ4n) is 5.49. The van der Waals surface area contributed by atoms with Crippen LogP contribution in [0, 0.1) is 12.8 Å². The number of imidazole rings is 1. The van der Waals surface area contributed by atoms with Crippen LogP contribution in [-0.4, -0.2) is 35.4 Å². The monoisotopic (exact) mass is 510 g/mol. The van der Waals surface area contributed by atoms with Gasteiger partial charge in [-0.25, -0.2) is 18.5 Å². The van der Waals surface area contributed by atoms with Crippen molar-refractivity contribution >= 4 is 10.0 Å². The molecular formula is C27H34N4O4S. The average Bonchev–Trinajstić information content (AvgIpc) is 3.51. The Morgan fingerprint density at radius 1 is 1.08 bits per heavy atom. The minimum Gasteiger partial charge on any atom is -0.454 e. The zero-order valence-electron chi connectivity index (χ0n) is 20.9. The lowest BCUT2D eigenvalue weighted by Gasteiger charge is -2.29. The van der Waals surface area contributed by atoms with Gasteiger partial charge in [0.15, 0.2) is 11.5 Å². The molecule has 0 amide bonds.